The molecule has 1 aliphatic heterocycles. The molecule has 1 saturated heterocycles. The molecule has 0 radical (unpaired) electrons. The first-order valence-corrected chi connectivity index (χ1v) is 12.9. The molecular formula is C25H24ClN5O4S. The predicted molar refractivity (Wildman–Crippen MR) is 140 cm³/mol. The molecule has 4 aromatic rings. The number of halogens is 1. The number of carbonyl (C=O) groups is 2. The fourth-order valence-corrected chi connectivity index (χ4v) is 5.35. The highest BCUT2D eigenvalue weighted by Gasteiger charge is 2.25. The summed E-state index contributed by atoms with van der Waals surface area (Å²) < 4.78 is 6.53. The zero-order chi connectivity index (χ0) is 25.2. The molecule has 2 aromatic carbocycles. The van der Waals surface area contributed by atoms with E-state index in [0.29, 0.717) is 59.7 Å². The number of hydrogen-bond acceptors (Lipinski definition) is 6. The Labute approximate surface area is 216 Å². The largest absolute Gasteiger partial charge is 0.450 e. The first kappa shape index (κ1) is 24.2. The van der Waals surface area contributed by atoms with Gasteiger partial charge in [-0.25, -0.2) is 9.78 Å². The first-order valence-electron chi connectivity index (χ1n) is 11.6. The maximum absolute atomic E-state index is 13.6. The smallest absolute Gasteiger partial charge is 0.409 e. The lowest BCUT2D eigenvalue weighted by Gasteiger charge is -2.34. The number of thioether (sulfide) groups is 1. The van der Waals surface area contributed by atoms with Crippen LogP contribution >= 0.6 is 23.4 Å². The Morgan fingerprint density at radius 3 is 2.58 bits per heavy atom. The Morgan fingerprint density at radius 2 is 1.83 bits per heavy atom. The lowest BCUT2D eigenvalue weighted by molar-refractivity contribution is -0.129. The second-order valence-corrected chi connectivity index (χ2v) is 9.64. The van der Waals surface area contributed by atoms with E-state index in [1.807, 2.05) is 24.3 Å². The topological polar surface area (TPSA) is 101 Å². The fourth-order valence-electron chi connectivity index (χ4n) is 4.25. The van der Waals surface area contributed by atoms with Gasteiger partial charge in [-0.2, -0.15) is 0 Å². The third kappa shape index (κ3) is 4.66. The average Bonchev–Trinajstić information content (AvgIpc) is 3.26. The van der Waals surface area contributed by atoms with Crippen LogP contribution in [0.15, 0.2) is 58.5 Å². The van der Waals surface area contributed by atoms with Crippen LogP contribution in [0.25, 0.3) is 27.6 Å². The molecule has 0 bridgehead atoms. The minimum Gasteiger partial charge on any atom is -0.450 e. The van der Waals surface area contributed by atoms with E-state index in [2.05, 4.69) is 4.98 Å². The normalized spacial score (nSPS) is 13.9. The summed E-state index contributed by atoms with van der Waals surface area (Å²) in [6.45, 7) is 3.77. The number of para-hydroxylation sites is 1. The molecule has 0 unspecified atom stereocenters. The quantitative estimate of drug-likeness (QED) is 0.313. The summed E-state index contributed by atoms with van der Waals surface area (Å²) in [6.07, 6.45) is -0.360. The van der Waals surface area contributed by atoms with E-state index >= 15 is 0 Å². The molecule has 3 heterocycles. The van der Waals surface area contributed by atoms with Gasteiger partial charge in [-0.05, 0) is 31.2 Å². The van der Waals surface area contributed by atoms with Gasteiger partial charge >= 0.3 is 6.09 Å². The number of ether oxygens (including phenoxy) is 1. The van der Waals surface area contributed by atoms with Crippen molar-refractivity contribution >= 4 is 57.3 Å². The molecule has 0 atom stereocenters. The van der Waals surface area contributed by atoms with E-state index in [0.717, 1.165) is 10.9 Å². The monoisotopic (exact) mass is 525 g/mol. The Hall–Kier alpha value is -3.50. The van der Waals surface area contributed by atoms with Gasteiger partial charge in [0.1, 0.15) is 11.0 Å². The van der Waals surface area contributed by atoms with E-state index < -0.39 is 0 Å². The van der Waals surface area contributed by atoms with Crippen LogP contribution in [0.3, 0.4) is 0 Å². The van der Waals surface area contributed by atoms with Crippen molar-refractivity contribution in [2.75, 3.05) is 38.5 Å². The third-order valence-corrected chi connectivity index (χ3v) is 7.20. The van der Waals surface area contributed by atoms with Crippen LogP contribution in [0.5, 0.6) is 0 Å². The summed E-state index contributed by atoms with van der Waals surface area (Å²) in [5.41, 5.74) is 2.07. The Morgan fingerprint density at radius 1 is 1.08 bits per heavy atom. The van der Waals surface area contributed by atoms with Crippen molar-refractivity contribution in [2.24, 2.45) is 0 Å². The number of H-pyrrole nitrogens is 1. The Kier molecular flexibility index (Phi) is 6.88. The lowest BCUT2D eigenvalue weighted by Crippen LogP contribution is -2.51. The number of amides is 2. The highest BCUT2D eigenvalue weighted by molar-refractivity contribution is 7.99. The third-order valence-electron chi connectivity index (χ3n) is 6.04. The zero-order valence-electron chi connectivity index (χ0n) is 19.6. The van der Waals surface area contributed by atoms with Crippen LogP contribution in [0.2, 0.25) is 5.02 Å². The number of aromatic nitrogens is 3. The number of piperazine rings is 1. The molecule has 0 aliphatic carbocycles. The second kappa shape index (κ2) is 10.2. The Bertz CT molecular complexity index is 1510. The predicted octanol–water partition coefficient (Wildman–Crippen LogP) is 3.91. The van der Waals surface area contributed by atoms with E-state index in [1.165, 1.54) is 16.3 Å². The number of hydrogen-bond donors (Lipinski definition) is 1. The SMILES string of the molecule is CCOC(=O)N1CCN(C(=O)CSc2nc3c([nH]c4ccccc43)c(=O)n2-c2cccc(Cl)c2)CC1. The van der Waals surface area contributed by atoms with E-state index in [-0.39, 0.29) is 23.3 Å². The standard InChI is InChI=1S/C25H24ClN5O4S/c1-2-35-25(34)30-12-10-29(11-13-30)20(32)15-36-24-28-21-18-8-3-4-9-19(18)27-22(21)23(33)31(24)17-7-5-6-16(26)14-17/h3-9,14,27H,2,10-13,15H2,1H3. The number of aromatic amines is 1. The van der Waals surface area contributed by atoms with Gasteiger partial charge in [-0.15, -0.1) is 0 Å². The number of rotatable bonds is 5. The number of fused-ring (bicyclic) bond motifs is 3. The fraction of sp³-hybridized carbons (Fsp3) is 0.280. The molecule has 1 fully saturated rings. The summed E-state index contributed by atoms with van der Waals surface area (Å²) in [7, 11) is 0. The number of nitrogens with zero attached hydrogens (tertiary/aromatic N) is 4. The molecule has 2 aromatic heterocycles. The van der Waals surface area contributed by atoms with Crippen molar-refractivity contribution in [3.05, 3.63) is 63.9 Å². The van der Waals surface area contributed by atoms with Crippen LogP contribution in [-0.4, -0.2) is 74.9 Å². The van der Waals surface area contributed by atoms with Crippen molar-refractivity contribution < 1.29 is 14.3 Å². The van der Waals surface area contributed by atoms with Gasteiger partial charge in [0.15, 0.2) is 5.16 Å². The molecule has 5 rings (SSSR count). The molecule has 1 aliphatic rings. The molecule has 2 amide bonds. The van der Waals surface area contributed by atoms with Crippen molar-refractivity contribution in [1.82, 2.24) is 24.3 Å². The highest BCUT2D eigenvalue weighted by Crippen LogP contribution is 2.27. The molecular weight excluding hydrogens is 502 g/mol. The summed E-state index contributed by atoms with van der Waals surface area (Å²) in [6, 6.07) is 14.6. The number of benzene rings is 2. The van der Waals surface area contributed by atoms with Gasteiger partial charge in [-0.1, -0.05) is 47.6 Å². The van der Waals surface area contributed by atoms with Gasteiger partial charge in [0, 0.05) is 42.1 Å². The molecule has 36 heavy (non-hydrogen) atoms. The van der Waals surface area contributed by atoms with Crippen molar-refractivity contribution in [1.29, 1.82) is 0 Å². The van der Waals surface area contributed by atoms with Crippen LogP contribution in [0, 0.1) is 0 Å². The molecule has 0 saturated carbocycles. The number of nitrogens with one attached hydrogen (secondary N) is 1. The molecule has 11 heteroatoms. The van der Waals surface area contributed by atoms with E-state index in [1.54, 1.807) is 41.0 Å². The van der Waals surface area contributed by atoms with E-state index in [9.17, 15) is 14.4 Å². The van der Waals surface area contributed by atoms with E-state index in [4.69, 9.17) is 21.3 Å². The summed E-state index contributed by atoms with van der Waals surface area (Å²) in [5.74, 6) is 0.00900. The lowest BCUT2D eigenvalue weighted by atomic mass is 10.2. The zero-order valence-corrected chi connectivity index (χ0v) is 21.1. The maximum atomic E-state index is 13.6. The van der Waals surface area contributed by atoms with Gasteiger partial charge in [0.05, 0.1) is 18.0 Å². The first-order chi connectivity index (χ1) is 17.5. The highest BCUT2D eigenvalue weighted by atomic mass is 35.5. The van der Waals surface area contributed by atoms with Crippen LogP contribution in [-0.2, 0) is 9.53 Å². The second-order valence-electron chi connectivity index (χ2n) is 8.26. The van der Waals surface area contributed by atoms with Crippen LogP contribution < -0.4 is 5.56 Å². The molecule has 9 nitrogen and oxygen atoms in total. The minimum absolute atomic E-state index is 0.0885. The average molecular weight is 526 g/mol. The minimum atomic E-state index is -0.360. The molecule has 1 N–H and O–H groups in total. The molecule has 0 spiro atoms. The van der Waals surface area contributed by atoms with Crippen LogP contribution in [0.4, 0.5) is 4.79 Å². The van der Waals surface area contributed by atoms with Gasteiger partial charge in [-0.3, -0.25) is 14.2 Å². The van der Waals surface area contributed by atoms with Gasteiger partial charge in [0.25, 0.3) is 5.56 Å². The summed E-state index contributed by atoms with van der Waals surface area (Å²) in [5, 5.41) is 1.73. The van der Waals surface area contributed by atoms with Gasteiger partial charge in [0.2, 0.25) is 5.91 Å². The maximum Gasteiger partial charge on any atom is 0.409 e. The van der Waals surface area contributed by atoms with Crippen LogP contribution in [0.1, 0.15) is 6.92 Å². The van der Waals surface area contributed by atoms with Gasteiger partial charge < -0.3 is 19.5 Å². The van der Waals surface area contributed by atoms with Crippen molar-refractivity contribution in [2.45, 2.75) is 12.1 Å². The Balaban J connectivity index is 1.44. The molecule has 186 valence electrons. The summed E-state index contributed by atoms with van der Waals surface area (Å²) in [4.78, 5) is 49.9. The van der Waals surface area contributed by atoms with Crippen molar-refractivity contribution in [3.63, 3.8) is 0 Å². The summed E-state index contributed by atoms with van der Waals surface area (Å²) >= 11 is 7.42. The van der Waals surface area contributed by atoms with Crippen molar-refractivity contribution in [3.8, 4) is 5.69 Å². The number of carbonyl (C=O) groups excluding carboxylic acids is 2.